The zero-order valence-corrected chi connectivity index (χ0v) is 14.3. The molecule has 26 heavy (non-hydrogen) atoms. The quantitative estimate of drug-likeness (QED) is 0.598. The van der Waals surface area contributed by atoms with Gasteiger partial charge < -0.3 is 14.8 Å². The highest BCUT2D eigenvalue weighted by Gasteiger charge is 2.25. The van der Waals surface area contributed by atoms with Crippen molar-refractivity contribution < 1.29 is 24.1 Å². The van der Waals surface area contributed by atoms with Crippen LogP contribution in [0.4, 0.5) is 17.1 Å². The summed E-state index contributed by atoms with van der Waals surface area (Å²) in [6.45, 7) is 0. The van der Waals surface area contributed by atoms with Gasteiger partial charge in [0, 0.05) is 18.2 Å². The lowest BCUT2D eigenvalue weighted by molar-refractivity contribution is -0.394. The fourth-order valence-corrected chi connectivity index (χ4v) is 2.36. The van der Waals surface area contributed by atoms with Gasteiger partial charge in [0.25, 0.3) is 17.3 Å². The number of hydrogen-bond acceptors (Lipinski definition) is 7. The first kappa shape index (κ1) is 18.9. The van der Waals surface area contributed by atoms with Gasteiger partial charge in [0.2, 0.25) is 0 Å². The van der Waals surface area contributed by atoms with E-state index in [-0.39, 0.29) is 27.8 Å². The summed E-state index contributed by atoms with van der Waals surface area (Å²) in [5.41, 5.74) is -1.39. The molecule has 1 amide bonds. The Balaban J connectivity index is 2.45. The molecular formula is C15H12ClN3O7. The lowest BCUT2D eigenvalue weighted by Crippen LogP contribution is -2.15. The number of benzene rings is 2. The van der Waals surface area contributed by atoms with Crippen LogP contribution >= 0.6 is 11.6 Å². The maximum absolute atomic E-state index is 12.5. The number of carbonyl (C=O) groups excluding carboxylic acids is 1. The second-order valence-electron chi connectivity index (χ2n) is 4.86. The third-order valence-corrected chi connectivity index (χ3v) is 3.65. The molecule has 0 spiro atoms. The number of methoxy groups -OCH3 is 2. The fraction of sp³-hybridized carbons (Fsp3) is 0.133. The minimum absolute atomic E-state index is 0.159. The molecule has 2 rings (SSSR count). The van der Waals surface area contributed by atoms with E-state index in [0.29, 0.717) is 6.07 Å². The van der Waals surface area contributed by atoms with Crippen LogP contribution in [0.2, 0.25) is 5.02 Å². The number of anilines is 1. The van der Waals surface area contributed by atoms with Crippen molar-refractivity contribution in [1.29, 1.82) is 0 Å². The summed E-state index contributed by atoms with van der Waals surface area (Å²) in [4.78, 5) is 32.7. The molecule has 0 atom stereocenters. The van der Waals surface area contributed by atoms with Crippen molar-refractivity contribution >= 4 is 34.6 Å². The minimum Gasteiger partial charge on any atom is -0.495 e. The van der Waals surface area contributed by atoms with Crippen molar-refractivity contribution in [1.82, 2.24) is 0 Å². The van der Waals surface area contributed by atoms with Gasteiger partial charge >= 0.3 is 0 Å². The first-order valence-electron chi connectivity index (χ1n) is 6.94. The van der Waals surface area contributed by atoms with E-state index >= 15 is 0 Å². The van der Waals surface area contributed by atoms with Gasteiger partial charge in [-0.25, -0.2) is 0 Å². The number of hydrogen-bond donors (Lipinski definition) is 1. The smallest absolute Gasteiger partial charge is 0.289 e. The van der Waals surface area contributed by atoms with Crippen LogP contribution in [0.15, 0.2) is 30.3 Å². The fourth-order valence-electron chi connectivity index (χ4n) is 2.12. The Hall–Kier alpha value is -3.40. The van der Waals surface area contributed by atoms with Crippen LogP contribution in [-0.4, -0.2) is 30.0 Å². The zero-order valence-electron chi connectivity index (χ0n) is 13.5. The Kier molecular flexibility index (Phi) is 5.58. The van der Waals surface area contributed by atoms with E-state index in [0.717, 1.165) is 12.1 Å². The summed E-state index contributed by atoms with van der Waals surface area (Å²) in [7, 11) is 2.72. The summed E-state index contributed by atoms with van der Waals surface area (Å²) in [5.74, 6) is -0.399. The molecule has 2 aromatic rings. The van der Waals surface area contributed by atoms with E-state index in [4.69, 9.17) is 21.1 Å². The number of halogens is 1. The first-order valence-corrected chi connectivity index (χ1v) is 7.32. The van der Waals surface area contributed by atoms with Gasteiger partial charge in [-0.15, -0.1) is 0 Å². The van der Waals surface area contributed by atoms with Crippen molar-refractivity contribution in [3.8, 4) is 11.5 Å². The first-order chi connectivity index (χ1) is 12.3. The minimum atomic E-state index is -0.873. The predicted molar refractivity (Wildman–Crippen MR) is 92.3 cm³/mol. The van der Waals surface area contributed by atoms with Crippen molar-refractivity contribution in [2.45, 2.75) is 0 Å². The molecule has 0 heterocycles. The summed E-state index contributed by atoms with van der Waals surface area (Å²) in [5, 5.41) is 24.6. The number of amides is 1. The van der Waals surface area contributed by atoms with Gasteiger partial charge in [0.1, 0.15) is 17.1 Å². The number of nitrogens with zero attached hydrogens (tertiary/aromatic N) is 2. The number of carbonyl (C=O) groups is 1. The number of nitro groups is 2. The van der Waals surface area contributed by atoms with Gasteiger partial charge in [-0.3, -0.25) is 25.0 Å². The zero-order chi connectivity index (χ0) is 19.4. The number of ether oxygens (including phenoxy) is 2. The summed E-state index contributed by atoms with van der Waals surface area (Å²) >= 11 is 5.98. The molecule has 0 aliphatic heterocycles. The van der Waals surface area contributed by atoms with Crippen LogP contribution in [-0.2, 0) is 0 Å². The van der Waals surface area contributed by atoms with E-state index in [9.17, 15) is 25.0 Å². The lowest BCUT2D eigenvalue weighted by atomic mass is 10.1. The number of nitrogens with one attached hydrogen (secondary N) is 1. The van der Waals surface area contributed by atoms with Gasteiger partial charge in [-0.2, -0.15) is 0 Å². The van der Waals surface area contributed by atoms with Crippen molar-refractivity contribution in [2.75, 3.05) is 19.5 Å². The highest BCUT2D eigenvalue weighted by Crippen LogP contribution is 2.36. The van der Waals surface area contributed by atoms with Crippen molar-refractivity contribution in [3.63, 3.8) is 0 Å². The second kappa shape index (κ2) is 7.66. The lowest BCUT2D eigenvalue weighted by Gasteiger charge is -2.13. The van der Waals surface area contributed by atoms with Crippen molar-refractivity contribution in [2.24, 2.45) is 0 Å². The third kappa shape index (κ3) is 3.81. The van der Waals surface area contributed by atoms with Crippen LogP contribution in [0, 0.1) is 20.2 Å². The van der Waals surface area contributed by atoms with Crippen molar-refractivity contribution in [3.05, 3.63) is 61.1 Å². The van der Waals surface area contributed by atoms with Crippen LogP contribution in [0.1, 0.15) is 10.4 Å². The molecular weight excluding hydrogens is 370 g/mol. The molecule has 0 aliphatic rings. The molecule has 2 aromatic carbocycles. The molecule has 136 valence electrons. The molecule has 0 aromatic heterocycles. The maximum Gasteiger partial charge on any atom is 0.289 e. The average Bonchev–Trinajstić information content (AvgIpc) is 2.61. The molecule has 1 N–H and O–H groups in total. The Morgan fingerprint density at radius 3 is 2.23 bits per heavy atom. The topological polar surface area (TPSA) is 134 Å². The van der Waals surface area contributed by atoms with Gasteiger partial charge in [0.15, 0.2) is 0 Å². The van der Waals surface area contributed by atoms with E-state index < -0.39 is 27.1 Å². The monoisotopic (exact) mass is 381 g/mol. The molecule has 11 heteroatoms. The van der Waals surface area contributed by atoms with Crippen LogP contribution < -0.4 is 14.8 Å². The largest absolute Gasteiger partial charge is 0.495 e. The van der Waals surface area contributed by atoms with Crippen LogP contribution in [0.25, 0.3) is 0 Å². The maximum atomic E-state index is 12.5. The van der Waals surface area contributed by atoms with E-state index in [2.05, 4.69) is 5.32 Å². The molecule has 0 saturated carbocycles. The van der Waals surface area contributed by atoms with Gasteiger partial charge in [-0.05, 0) is 6.07 Å². The Bertz CT molecular complexity index is 901. The summed E-state index contributed by atoms with van der Waals surface area (Å²) in [6, 6.07) is 5.51. The van der Waals surface area contributed by atoms with E-state index in [1.807, 2.05) is 0 Å². The molecule has 0 fully saturated rings. The number of nitro benzene ring substituents is 2. The Morgan fingerprint density at radius 2 is 1.69 bits per heavy atom. The normalized spacial score (nSPS) is 10.1. The Labute approximate surface area is 151 Å². The molecule has 0 unspecified atom stereocenters. The predicted octanol–water partition coefficient (Wildman–Crippen LogP) is 3.43. The standard InChI is InChI=1S/C15H12ClN3O7/c1-25-13-7-11(14(26-2)6-10(13)16)17-15(20)9-4-3-8(18(21)22)5-12(9)19(23)24/h3-7H,1-2H3,(H,17,20). The molecule has 10 nitrogen and oxygen atoms in total. The SMILES string of the molecule is COc1cc(NC(=O)c2ccc([N+](=O)[O-])cc2[N+](=O)[O-])c(OC)cc1Cl. The summed E-state index contributed by atoms with van der Waals surface area (Å²) < 4.78 is 10.2. The molecule has 0 radical (unpaired) electrons. The number of non-ortho nitro benzene ring substituents is 1. The average molecular weight is 382 g/mol. The third-order valence-electron chi connectivity index (χ3n) is 3.36. The van der Waals surface area contributed by atoms with Crippen LogP contribution in [0.3, 0.4) is 0 Å². The molecule has 0 bridgehead atoms. The van der Waals surface area contributed by atoms with Gasteiger partial charge in [-0.1, -0.05) is 11.6 Å². The summed E-state index contributed by atoms with van der Waals surface area (Å²) in [6.07, 6.45) is 0. The Morgan fingerprint density at radius 1 is 1.04 bits per heavy atom. The molecule has 0 saturated heterocycles. The highest BCUT2D eigenvalue weighted by molar-refractivity contribution is 6.32. The number of rotatable bonds is 6. The van der Waals surface area contributed by atoms with E-state index in [1.165, 1.54) is 26.4 Å². The molecule has 0 aliphatic carbocycles. The highest BCUT2D eigenvalue weighted by atomic mass is 35.5. The second-order valence-corrected chi connectivity index (χ2v) is 5.26. The van der Waals surface area contributed by atoms with Gasteiger partial charge in [0.05, 0.1) is 40.8 Å². The van der Waals surface area contributed by atoms with E-state index in [1.54, 1.807) is 0 Å². The van der Waals surface area contributed by atoms with Crippen LogP contribution in [0.5, 0.6) is 11.5 Å².